The van der Waals surface area contributed by atoms with E-state index in [0.717, 1.165) is 0 Å². The van der Waals surface area contributed by atoms with Gasteiger partial charge in [-0.05, 0) is 18.2 Å². The molecule has 1 amide bonds. The molecule has 1 aromatic heterocycles. The van der Waals surface area contributed by atoms with Gasteiger partial charge in [-0.15, -0.1) is 0 Å². The zero-order chi connectivity index (χ0) is 13.8. The average molecular weight is 263 g/mol. The summed E-state index contributed by atoms with van der Waals surface area (Å²) in [6.45, 7) is 0.754. The third-order valence-corrected chi connectivity index (χ3v) is 2.65. The van der Waals surface area contributed by atoms with Gasteiger partial charge in [-0.3, -0.25) is 9.59 Å². The van der Waals surface area contributed by atoms with Gasteiger partial charge in [0.15, 0.2) is 12.0 Å². The van der Waals surface area contributed by atoms with Gasteiger partial charge in [0.1, 0.15) is 11.3 Å². The molecule has 0 saturated heterocycles. The second-order valence-electron chi connectivity index (χ2n) is 3.89. The number of ether oxygens (including phenoxy) is 1. The highest BCUT2D eigenvalue weighted by molar-refractivity contribution is 6.03. The molecule has 0 spiro atoms. The number of phenols is 1. The Hall–Kier alpha value is -2.34. The lowest BCUT2D eigenvalue weighted by molar-refractivity contribution is 0.0911. The number of carbonyl (C=O) groups excluding carboxylic acids is 2. The lowest BCUT2D eigenvalue weighted by Crippen LogP contribution is -2.26. The molecule has 2 rings (SSSR count). The number of aldehydes is 1. The van der Waals surface area contributed by atoms with Crippen LogP contribution >= 0.6 is 0 Å². The van der Waals surface area contributed by atoms with Crippen molar-refractivity contribution in [1.82, 2.24) is 5.32 Å². The van der Waals surface area contributed by atoms with Crippen LogP contribution in [0.1, 0.15) is 20.9 Å². The summed E-state index contributed by atoms with van der Waals surface area (Å²) in [6, 6.07) is 4.28. The fourth-order valence-electron chi connectivity index (χ4n) is 1.71. The maximum absolute atomic E-state index is 11.8. The lowest BCUT2D eigenvalue weighted by atomic mass is 10.1. The molecule has 0 aliphatic heterocycles. The minimum atomic E-state index is -0.399. The zero-order valence-corrected chi connectivity index (χ0v) is 10.3. The van der Waals surface area contributed by atoms with Crippen LogP contribution in [-0.2, 0) is 4.74 Å². The van der Waals surface area contributed by atoms with Crippen molar-refractivity contribution in [2.24, 2.45) is 0 Å². The maximum atomic E-state index is 11.8. The highest BCUT2D eigenvalue weighted by Gasteiger charge is 2.15. The van der Waals surface area contributed by atoms with Gasteiger partial charge in [-0.25, -0.2) is 0 Å². The number of benzene rings is 1. The van der Waals surface area contributed by atoms with Crippen LogP contribution in [0.2, 0.25) is 0 Å². The molecule has 0 unspecified atom stereocenters. The van der Waals surface area contributed by atoms with Crippen molar-refractivity contribution < 1.29 is 23.8 Å². The van der Waals surface area contributed by atoms with Crippen LogP contribution in [0.25, 0.3) is 11.0 Å². The van der Waals surface area contributed by atoms with E-state index in [1.165, 1.54) is 25.3 Å². The van der Waals surface area contributed by atoms with Gasteiger partial charge < -0.3 is 19.6 Å². The topological polar surface area (TPSA) is 88.8 Å². The van der Waals surface area contributed by atoms with Crippen molar-refractivity contribution in [2.45, 2.75) is 0 Å². The first kappa shape index (κ1) is 13.1. The minimum absolute atomic E-state index is 0.0832. The van der Waals surface area contributed by atoms with Gasteiger partial charge in [0.25, 0.3) is 5.91 Å². The number of rotatable bonds is 5. The molecule has 0 atom stereocenters. The van der Waals surface area contributed by atoms with Crippen molar-refractivity contribution in [1.29, 1.82) is 0 Å². The van der Waals surface area contributed by atoms with Crippen molar-refractivity contribution in [3.05, 3.63) is 29.5 Å². The summed E-state index contributed by atoms with van der Waals surface area (Å²) in [5.41, 5.74) is 0.481. The number of phenolic OH excluding ortho intramolecular Hbond substituents is 1. The number of nitrogens with one attached hydrogen (secondary N) is 1. The van der Waals surface area contributed by atoms with E-state index in [-0.39, 0.29) is 17.1 Å². The van der Waals surface area contributed by atoms with Crippen LogP contribution in [-0.4, -0.2) is 37.6 Å². The van der Waals surface area contributed by atoms with Crippen LogP contribution in [0.15, 0.2) is 22.6 Å². The van der Waals surface area contributed by atoms with Crippen LogP contribution in [0, 0.1) is 0 Å². The van der Waals surface area contributed by atoms with Crippen molar-refractivity contribution in [3.8, 4) is 5.75 Å². The molecule has 0 fully saturated rings. The highest BCUT2D eigenvalue weighted by atomic mass is 16.5. The maximum Gasteiger partial charge on any atom is 0.287 e. The predicted molar refractivity (Wildman–Crippen MR) is 67.5 cm³/mol. The van der Waals surface area contributed by atoms with E-state index in [9.17, 15) is 14.7 Å². The van der Waals surface area contributed by atoms with Gasteiger partial charge in [0, 0.05) is 19.0 Å². The molecule has 0 radical (unpaired) electrons. The summed E-state index contributed by atoms with van der Waals surface area (Å²) in [5, 5.41) is 12.6. The van der Waals surface area contributed by atoms with Crippen LogP contribution in [0.4, 0.5) is 0 Å². The standard InChI is InChI=1S/C13H13NO5/c1-18-5-4-14-13(17)12-6-8-9(7-15)10(16)2-3-11(8)19-12/h2-3,6-7,16H,4-5H2,1H3,(H,14,17). The van der Waals surface area contributed by atoms with E-state index in [2.05, 4.69) is 5.32 Å². The molecule has 0 bridgehead atoms. The van der Waals surface area contributed by atoms with Gasteiger partial charge >= 0.3 is 0 Å². The first-order chi connectivity index (χ1) is 9.17. The van der Waals surface area contributed by atoms with Crippen LogP contribution in [0.5, 0.6) is 5.75 Å². The third kappa shape index (κ3) is 2.58. The van der Waals surface area contributed by atoms with Gasteiger partial charge in [0.05, 0.1) is 12.2 Å². The van der Waals surface area contributed by atoms with E-state index >= 15 is 0 Å². The predicted octanol–water partition coefficient (Wildman–Crippen LogP) is 1.33. The molecular formula is C13H13NO5. The fourth-order valence-corrected chi connectivity index (χ4v) is 1.71. The van der Waals surface area contributed by atoms with Crippen LogP contribution < -0.4 is 5.32 Å². The quantitative estimate of drug-likeness (QED) is 0.627. The average Bonchev–Trinajstić information content (AvgIpc) is 2.83. The fraction of sp³-hybridized carbons (Fsp3) is 0.231. The number of furan rings is 1. The second-order valence-corrected chi connectivity index (χ2v) is 3.89. The first-order valence-electron chi connectivity index (χ1n) is 5.65. The summed E-state index contributed by atoms with van der Waals surface area (Å²) in [5.74, 6) is -0.459. The first-order valence-corrected chi connectivity index (χ1v) is 5.65. The van der Waals surface area contributed by atoms with Crippen molar-refractivity contribution >= 4 is 23.2 Å². The van der Waals surface area contributed by atoms with E-state index in [0.29, 0.717) is 30.4 Å². The zero-order valence-electron chi connectivity index (χ0n) is 10.3. The minimum Gasteiger partial charge on any atom is -0.507 e. The number of hydrogen-bond acceptors (Lipinski definition) is 5. The largest absolute Gasteiger partial charge is 0.507 e. The van der Waals surface area contributed by atoms with E-state index in [1.54, 1.807) is 0 Å². The SMILES string of the molecule is COCCNC(=O)c1cc2c(C=O)c(O)ccc2o1. The second kappa shape index (κ2) is 5.53. The van der Waals surface area contributed by atoms with Crippen molar-refractivity contribution in [2.75, 3.05) is 20.3 Å². The smallest absolute Gasteiger partial charge is 0.287 e. The summed E-state index contributed by atoms with van der Waals surface area (Å²) in [4.78, 5) is 22.7. The molecular weight excluding hydrogens is 250 g/mol. The summed E-state index contributed by atoms with van der Waals surface area (Å²) in [6.07, 6.45) is 0.528. The Morgan fingerprint density at radius 1 is 1.53 bits per heavy atom. The Labute approximate surface area is 109 Å². The Morgan fingerprint density at radius 3 is 3.00 bits per heavy atom. The third-order valence-electron chi connectivity index (χ3n) is 2.65. The molecule has 100 valence electrons. The molecule has 0 saturated carbocycles. The molecule has 0 aliphatic carbocycles. The highest BCUT2D eigenvalue weighted by Crippen LogP contribution is 2.28. The Bertz CT molecular complexity index is 617. The van der Waals surface area contributed by atoms with Gasteiger partial charge in [-0.2, -0.15) is 0 Å². The molecule has 6 heteroatoms. The van der Waals surface area contributed by atoms with Crippen molar-refractivity contribution in [3.63, 3.8) is 0 Å². The van der Waals surface area contributed by atoms with Gasteiger partial charge in [-0.1, -0.05) is 0 Å². The molecule has 1 heterocycles. The number of carbonyl (C=O) groups is 2. The number of hydrogen-bond donors (Lipinski definition) is 2. The van der Waals surface area contributed by atoms with E-state index < -0.39 is 5.91 Å². The molecule has 6 nitrogen and oxygen atoms in total. The number of amides is 1. The summed E-state index contributed by atoms with van der Waals surface area (Å²) in [7, 11) is 1.53. The van der Waals surface area contributed by atoms with Crippen LogP contribution in [0.3, 0.4) is 0 Å². The Kier molecular flexibility index (Phi) is 3.82. The number of fused-ring (bicyclic) bond motifs is 1. The monoisotopic (exact) mass is 263 g/mol. The Balaban J connectivity index is 2.31. The van der Waals surface area contributed by atoms with Gasteiger partial charge in [0.2, 0.25) is 0 Å². The normalized spacial score (nSPS) is 10.6. The molecule has 19 heavy (non-hydrogen) atoms. The van der Waals surface area contributed by atoms with E-state index in [4.69, 9.17) is 9.15 Å². The Morgan fingerprint density at radius 2 is 2.32 bits per heavy atom. The molecule has 2 N–H and O–H groups in total. The molecule has 2 aromatic rings. The molecule has 1 aromatic carbocycles. The number of methoxy groups -OCH3 is 1. The summed E-state index contributed by atoms with van der Waals surface area (Å²) < 4.78 is 10.1. The number of aromatic hydroxyl groups is 1. The van der Waals surface area contributed by atoms with E-state index in [1.807, 2.05) is 0 Å². The summed E-state index contributed by atoms with van der Waals surface area (Å²) >= 11 is 0. The molecule has 0 aliphatic rings. The lowest BCUT2D eigenvalue weighted by Gasteiger charge is -2.00.